The molecular weight excluding hydrogens is 513 g/mol. The smallest absolute Gasteiger partial charge is 0.371 e. The predicted molar refractivity (Wildman–Crippen MR) is 129 cm³/mol. The highest BCUT2D eigenvalue weighted by atomic mass is 19.4. The average molecular weight is 537 g/mol. The Hall–Kier alpha value is -4.04. The van der Waals surface area contributed by atoms with Crippen LogP contribution in [0.1, 0.15) is 19.2 Å². The molecule has 0 radical (unpaired) electrons. The molecule has 2 atom stereocenters. The third-order valence-electron chi connectivity index (χ3n) is 6.50. The van der Waals surface area contributed by atoms with Crippen molar-refractivity contribution < 1.29 is 26.7 Å². The van der Waals surface area contributed by atoms with Gasteiger partial charge in [-0.3, -0.25) is 4.79 Å². The number of amides is 1. The number of alkyl halides is 4. The molecule has 38 heavy (non-hydrogen) atoms. The Morgan fingerprint density at radius 3 is 2.63 bits per heavy atom. The molecule has 0 spiro atoms. The van der Waals surface area contributed by atoms with Crippen molar-refractivity contribution in [3.63, 3.8) is 0 Å². The highest BCUT2D eigenvalue weighted by Crippen LogP contribution is 2.34. The molecule has 1 fully saturated rings. The molecule has 10 nitrogen and oxygen atoms in total. The number of nitrogens with zero attached hydrogens (tertiary/aromatic N) is 7. The fourth-order valence-corrected chi connectivity index (χ4v) is 4.67. The number of imidazole rings is 1. The number of carbonyl (C=O) groups excluding carboxylic acids is 1. The first-order valence-corrected chi connectivity index (χ1v) is 11.8. The Kier molecular flexibility index (Phi) is 6.31. The molecule has 0 aliphatic carbocycles. The van der Waals surface area contributed by atoms with Gasteiger partial charge in [0.25, 0.3) is 0 Å². The third kappa shape index (κ3) is 4.67. The van der Waals surface area contributed by atoms with E-state index in [0.717, 1.165) is 10.8 Å². The summed E-state index contributed by atoms with van der Waals surface area (Å²) >= 11 is 0. The Bertz CT molecular complexity index is 1530. The number of nitrogens with one attached hydrogen (secondary N) is 2. The normalized spacial score (nSPS) is 18.4. The molecular formula is C23H24F5N9O. The van der Waals surface area contributed by atoms with Gasteiger partial charge in [0.2, 0.25) is 11.9 Å². The number of piperidine rings is 1. The van der Waals surface area contributed by atoms with E-state index in [0.29, 0.717) is 13.0 Å². The maximum Gasteiger partial charge on any atom is 0.406 e. The summed E-state index contributed by atoms with van der Waals surface area (Å²) in [4.78, 5) is 25.8. The first-order valence-electron chi connectivity index (χ1n) is 11.8. The maximum absolute atomic E-state index is 15.3. The summed E-state index contributed by atoms with van der Waals surface area (Å²) in [6.45, 7) is 1.84. The van der Waals surface area contributed by atoms with Crippen LogP contribution in [0.15, 0.2) is 18.3 Å². The van der Waals surface area contributed by atoms with E-state index in [-0.39, 0.29) is 58.0 Å². The molecule has 0 saturated carbocycles. The molecule has 5 heterocycles. The summed E-state index contributed by atoms with van der Waals surface area (Å²) in [6.07, 6.45) is -4.43. The molecule has 4 aromatic rings. The van der Waals surface area contributed by atoms with E-state index in [1.807, 2.05) is 0 Å². The van der Waals surface area contributed by atoms with Gasteiger partial charge in [-0.1, -0.05) is 0 Å². The Morgan fingerprint density at radius 2 is 1.97 bits per heavy atom. The molecule has 0 aromatic carbocycles. The molecule has 15 heteroatoms. The van der Waals surface area contributed by atoms with Gasteiger partial charge in [-0.05, 0) is 25.5 Å². The number of fused-ring (bicyclic) bond motifs is 2. The van der Waals surface area contributed by atoms with Gasteiger partial charge < -0.3 is 20.1 Å². The zero-order valence-corrected chi connectivity index (χ0v) is 20.6. The number of pyridine rings is 1. The van der Waals surface area contributed by atoms with Crippen molar-refractivity contribution in [2.75, 3.05) is 30.8 Å². The number of likely N-dealkylation sites (tertiary alicyclic amines) is 1. The molecule has 2 N–H and O–H groups in total. The molecule has 1 aliphatic rings. The number of aromatic nitrogens is 6. The fraction of sp³-hybridized carbons (Fsp3) is 0.435. The van der Waals surface area contributed by atoms with Gasteiger partial charge in [0.05, 0.1) is 30.0 Å². The van der Waals surface area contributed by atoms with Gasteiger partial charge in [-0.2, -0.15) is 18.2 Å². The van der Waals surface area contributed by atoms with Gasteiger partial charge >= 0.3 is 6.18 Å². The molecule has 1 amide bonds. The largest absolute Gasteiger partial charge is 0.406 e. The second kappa shape index (κ2) is 9.36. The van der Waals surface area contributed by atoms with Crippen molar-refractivity contribution in [1.82, 2.24) is 34.0 Å². The Balaban J connectivity index is 1.53. The Morgan fingerprint density at radius 1 is 1.21 bits per heavy atom. The summed E-state index contributed by atoms with van der Waals surface area (Å²) in [6, 6.07) is 2.28. The van der Waals surface area contributed by atoms with Crippen molar-refractivity contribution in [3.05, 3.63) is 30.0 Å². The van der Waals surface area contributed by atoms with Gasteiger partial charge in [0, 0.05) is 20.5 Å². The van der Waals surface area contributed by atoms with Gasteiger partial charge in [0.15, 0.2) is 17.3 Å². The first kappa shape index (κ1) is 25.6. The third-order valence-corrected chi connectivity index (χ3v) is 6.50. The Labute approximate surface area is 212 Å². The van der Waals surface area contributed by atoms with E-state index >= 15 is 4.39 Å². The second-order valence-corrected chi connectivity index (χ2v) is 9.10. The summed E-state index contributed by atoms with van der Waals surface area (Å²) in [5.74, 6) is -0.578. The zero-order chi connectivity index (χ0) is 27.4. The van der Waals surface area contributed by atoms with Crippen LogP contribution in [0.2, 0.25) is 0 Å². The highest BCUT2D eigenvalue weighted by molar-refractivity contribution is 5.89. The fourth-order valence-electron chi connectivity index (χ4n) is 4.67. The van der Waals surface area contributed by atoms with E-state index in [4.69, 9.17) is 0 Å². The summed E-state index contributed by atoms with van der Waals surface area (Å²) in [5, 5.41) is 10.1. The van der Waals surface area contributed by atoms with Crippen molar-refractivity contribution in [2.45, 2.75) is 45.2 Å². The van der Waals surface area contributed by atoms with E-state index in [2.05, 4.69) is 30.7 Å². The second-order valence-electron chi connectivity index (χ2n) is 9.10. The monoisotopic (exact) mass is 537 g/mol. The summed E-state index contributed by atoms with van der Waals surface area (Å²) < 4.78 is 71.6. The lowest BCUT2D eigenvalue weighted by Gasteiger charge is -2.34. The van der Waals surface area contributed by atoms with E-state index in [1.165, 1.54) is 35.4 Å². The van der Waals surface area contributed by atoms with Gasteiger partial charge in [-0.15, -0.1) is 5.10 Å². The van der Waals surface area contributed by atoms with Crippen molar-refractivity contribution in [3.8, 4) is 11.3 Å². The number of aryl methyl sites for hydroxylation is 1. The van der Waals surface area contributed by atoms with Crippen LogP contribution in [0.5, 0.6) is 0 Å². The predicted octanol–water partition coefficient (Wildman–Crippen LogP) is 3.56. The molecule has 5 rings (SSSR count). The average Bonchev–Trinajstić information content (AvgIpc) is 3.33. The molecule has 1 saturated heterocycles. The number of carbonyl (C=O) groups is 1. The number of hydrogen-bond acceptors (Lipinski definition) is 7. The van der Waals surface area contributed by atoms with Crippen molar-refractivity contribution >= 4 is 34.4 Å². The topological polar surface area (TPSA) is 105 Å². The van der Waals surface area contributed by atoms with Crippen LogP contribution >= 0.6 is 0 Å². The first-order chi connectivity index (χ1) is 17.9. The number of hydrogen-bond donors (Lipinski definition) is 2. The van der Waals surface area contributed by atoms with E-state index < -0.39 is 30.8 Å². The maximum atomic E-state index is 15.3. The minimum Gasteiger partial charge on any atom is -0.371 e. The SMILES string of the molecule is CNc1nc(N[C@H]2CCN(C(C)=O)C[C@H]2F)nn2cc(F)c(-c3ccc4nc(C)n(CC(F)(F)F)c4n3)c12. The molecule has 1 aliphatic heterocycles. The quantitative estimate of drug-likeness (QED) is 0.375. The lowest BCUT2D eigenvalue weighted by Crippen LogP contribution is -2.49. The standard InChI is InChI=1S/C23H24F5N9O/c1-11-30-17-5-4-16(31-21(17)36(11)10-23(26,27)28)18-14(25)9-37-19(18)20(29-3)33-22(34-37)32-15-6-7-35(12(2)38)8-13(15)24/h4-5,9,13,15H,6-8,10H2,1-3H3,(H2,29,32,33,34)/t13-,15+/m1/s1. The molecule has 202 valence electrons. The molecule has 4 aromatic heterocycles. The molecule has 0 bridgehead atoms. The van der Waals surface area contributed by atoms with Gasteiger partial charge in [-0.25, -0.2) is 23.3 Å². The van der Waals surface area contributed by atoms with Crippen LogP contribution in [0.25, 0.3) is 27.9 Å². The lowest BCUT2D eigenvalue weighted by molar-refractivity contribution is -0.140. The van der Waals surface area contributed by atoms with Crippen molar-refractivity contribution in [2.24, 2.45) is 0 Å². The van der Waals surface area contributed by atoms with E-state index in [1.54, 1.807) is 7.05 Å². The van der Waals surface area contributed by atoms with Crippen LogP contribution < -0.4 is 10.6 Å². The van der Waals surface area contributed by atoms with Crippen LogP contribution in [0.4, 0.5) is 33.7 Å². The number of anilines is 2. The van der Waals surface area contributed by atoms with E-state index in [9.17, 15) is 22.4 Å². The number of rotatable bonds is 5. The van der Waals surface area contributed by atoms with Crippen LogP contribution in [0.3, 0.4) is 0 Å². The zero-order valence-electron chi connectivity index (χ0n) is 20.6. The lowest BCUT2D eigenvalue weighted by atomic mass is 10.0. The highest BCUT2D eigenvalue weighted by Gasteiger charge is 2.32. The van der Waals surface area contributed by atoms with Crippen molar-refractivity contribution in [1.29, 1.82) is 0 Å². The van der Waals surface area contributed by atoms with Gasteiger partial charge in [0.1, 0.15) is 29.6 Å². The minimum atomic E-state index is -4.50. The summed E-state index contributed by atoms with van der Waals surface area (Å²) in [7, 11) is 1.56. The minimum absolute atomic E-state index is 0.0154. The summed E-state index contributed by atoms with van der Waals surface area (Å²) in [5.41, 5.74) is 0.462. The molecule has 0 unspecified atom stereocenters. The van der Waals surface area contributed by atoms with Crippen LogP contribution in [-0.4, -0.2) is 78.5 Å². The number of halogens is 5. The van der Waals surface area contributed by atoms with Crippen LogP contribution in [0, 0.1) is 12.7 Å². The van der Waals surface area contributed by atoms with Crippen LogP contribution in [-0.2, 0) is 11.3 Å².